The van der Waals surface area contributed by atoms with E-state index in [2.05, 4.69) is 4.74 Å². The molecule has 7 nitrogen and oxygen atoms in total. The molecule has 1 unspecified atom stereocenters. The van der Waals surface area contributed by atoms with Gasteiger partial charge in [0, 0.05) is 18.7 Å². The number of carbonyl (C=O) groups excluding carboxylic acids is 1. The van der Waals surface area contributed by atoms with Crippen molar-refractivity contribution in [1.82, 2.24) is 4.90 Å². The van der Waals surface area contributed by atoms with E-state index in [4.69, 9.17) is 14.6 Å². The quantitative estimate of drug-likeness (QED) is 0.843. The number of halogens is 2. The summed E-state index contributed by atoms with van der Waals surface area (Å²) in [6, 6.07) is 3.89. The molecule has 0 bridgehead atoms. The highest BCUT2D eigenvalue weighted by atomic mass is 19.3. The first-order chi connectivity index (χ1) is 11.4. The lowest BCUT2D eigenvalue weighted by molar-refractivity contribution is -0.141. The molecule has 1 atom stereocenters. The third kappa shape index (κ3) is 4.54. The third-order valence-corrected chi connectivity index (χ3v) is 3.45. The summed E-state index contributed by atoms with van der Waals surface area (Å²) in [5.74, 6) is -1.54. The first-order valence-electron chi connectivity index (χ1n) is 7.16. The number of carboxylic acids is 1. The van der Waals surface area contributed by atoms with Crippen LogP contribution in [0.1, 0.15) is 16.8 Å². The molecule has 1 amide bonds. The number of aliphatic carboxylic acids is 1. The predicted molar refractivity (Wildman–Crippen MR) is 77.5 cm³/mol. The number of alkyl halides is 2. The van der Waals surface area contributed by atoms with E-state index < -0.39 is 18.7 Å². The van der Waals surface area contributed by atoms with E-state index in [-0.39, 0.29) is 42.5 Å². The zero-order chi connectivity index (χ0) is 17.7. The fourth-order valence-corrected chi connectivity index (χ4v) is 2.40. The molecule has 1 saturated heterocycles. The van der Waals surface area contributed by atoms with Crippen LogP contribution < -0.4 is 9.47 Å². The maximum atomic E-state index is 12.5. The molecule has 1 fully saturated rings. The summed E-state index contributed by atoms with van der Waals surface area (Å²) in [5, 5.41) is 8.80. The largest absolute Gasteiger partial charge is 0.493 e. The molecule has 0 saturated carbocycles. The van der Waals surface area contributed by atoms with Gasteiger partial charge < -0.3 is 24.2 Å². The highest BCUT2D eigenvalue weighted by Gasteiger charge is 2.27. The Morgan fingerprint density at radius 1 is 1.42 bits per heavy atom. The fraction of sp³-hybridized carbons (Fsp3) is 0.467. The van der Waals surface area contributed by atoms with Gasteiger partial charge in [-0.05, 0) is 18.2 Å². The normalized spacial score (nSPS) is 17.7. The van der Waals surface area contributed by atoms with Crippen LogP contribution in [0.15, 0.2) is 18.2 Å². The second-order valence-electron chi connectivity index (χ2n) is 5.09. The number of methoxy groups -OCH3 is 1. The Hall–Kier alpha value is -2.42. The lowest BCUT2D eigenvalue weighted by atomic mass is 10.1. The van der Waals surface area contributed by atoms with Gasteiger partial charge in [0.2, 0.25) is 0 Å². The van der Waals surface area contributed by atoms with Crippen LogP contribution in [0.5, 0.6) is 11.5 Å². The Balaban J connectivity index is 2.12. The number of nitrogens with zero attached hydrogens (tertiary/aromatic N) is 1. The summed E-state index contributed by atoms with van der Waals surface area (Å²) >= 11 is 0. The van der Waals surface area contributed by atoms with Crippen LogP contribution in [-0.4, -0.2) is 61.4 Å². The Bertz CT molecular complexity index is 610. The number of morpholine rings is 1. The molecule has 1 aliphatic heterocycles. The first kappa shape index (κ1) is 17.9. The minimum absolute atomic E-state index is 0.0106. The molecule has 1 aromatic carbocycles. The standard InChI is InChI=1S/C15H17F2NO6/c1-22-12-6-9(2-3-11(12)24-15(16)17)14(21)18-4-5-23-10(8-18)7-13(19)20/h2-3,6,10,15H,4-5,7-8H2,1H3,(H,19,20). The molecule has 0 aliphatic carbocycles. The molecule has 132 valence electrons. The van der Waals surface area contributed by atoms with Crippen molar-refractivity contribution in [3.05, 3.63) is 23.8 Å². The van der Waals surface area contributed by atoms with Gasteiger partial charge in [0.05, 0.1) is 26.2 Å². The van der Waals surface area contributed by atoms with E-state index >= 15 is 0 Å². The average Bonchev–Trinajstić information content (AvgIpc) is 2.53. The van der Waals surface area contributed by atoms with Crippen LogP contribution >= 0.6 is 0 Å². The molecular weight excluding hydrogens is 328 g/mol. The minimum Gasteiger partial charge on any atom is -0.493 e. The zero-order valence-electron chi connectivity index (χ0n) is 12.9. The van der Waals surface area contributed by atoms with E-state index in [9.17, 15) is 18.4 Å². The van der Waals surface area contributed by atoms with Gasteiger partial charge in [0.25, 0.3) is 5.91 Å². The second-order valence-corrected chi connectivity index (χ2v) is 5.09. The van der Waals surface area contributed by atoms with Gasteiger partial charge in [0.15, 0.2) is 11.5 Å². The number of hydrogen-bond acceptors (Lipinski definition) is 5. The fourth-order valence-electron chi connectivity index (χ4n) is 2.40. The van der Waals surface area contributed by atoms with Gasteiger partial charge in [-0.1, -0.05) is 0 Å². The lowest BCUT2D eigenvalue weighted by Gasteiger charge is -2.32. The Morgan fingerprint density at radius 3 is 2.79 bits per heavy atom. The first-order valence-corrected chi connectivity index (χ1v) is 7.16. The van der Waals surface area contributed by atoms with E-state index in [0.717, 1.165) is 0 Å². The average molecular weight is 345 g/mol. The molecule has 0 aromatic heterocycles. The highest BCUT2D eigenvalue weighted by Crippen LogP contribution is 2.30. The Labute approximate surface area is 136 Å². The number of carbonyl (C=O) groups is 2. The number of hydrogen-bond donors (Lipinski definition) is 1. The van der Waals surface area contributed by atoms with Crippen molar-refractivity contribution in [2.75, 3.05) is 26.8 Å². The molecule has 1 N–H and O–H groups in total. The summed E-state index contributed by atoms with van der Waals surface area (Å²) < 4.78 is 39.2. The van der Waals surface area contributed by atoms with Crippen molar-refractivity contribution in [1.29, 1.82) is 0 Å². The van der Waals surface area contributed by atoms with E-state index in [0.29, 0.717) is 6.54 Å². The summed E-state index contributed by atoms with van der Waals surface area (Å²) in [5.41, 5.74) is 0.226. The van der Waals surface area contributed by atoms with E-state index in [1.54, 1.807) is 0 Å². The lowest BCUT2D eigenvalue weighted by Crippen LogP contribution is -2.46. The number of rotatable bonds is 6. The smallest absolute Gasteiger partial charge is 0.387 e. The van der Waals surface area contributed by atoms with E-state index in [1.807, 2.05) is 0 Å². The molecule has 1 aliphatic rings. The van der Waals surface area contributed by atoms with Crippen molar-refractivity contribution in [3.8, 4) is 11.5 Å². The van der Waals surface area contributed by atoms with Crippen LogP contribution in [0.25, 0.3) is 0 Å². The molecular formula is C15H17F2NO6. The van der Waals surface area contributed by atoms with Crippen LogP contribution in [0.4, 0.5) is 8.78 Å². The second kappa shape index (κ2) is 7.91. The van der Waals surface area contributed by atoms with Gasteiger partial charge in [-0.2, -0.15) is 8.78 Å². The van der Waals surface area contributed by atoms with Crippen LogP contribution in [0, 0.1) is 0 Å². The maximum absolute atomic E-state index is 12.5. The van der Waals surface area contributed by atoms with Gasteiger partial charge >= 0.3 is 12.6 Å². The summed E-state index contributed by atoms with van der Waals surface area (Å²) in [4.78, 5) is 24.7. The van der Waals surface area contributed by atoms with Crippen molar-refractivity contribution in [3.63, 3.8) is 0 Å². The number of carboxylic acid groups (broad SMARTS) is 1. The molecule has 24 heavy (non-hydrogen) atoms. The third-order valence-electron chi connectivity index (χ3n) is 3.45. The molecule has 9 heteroatoms. The number of benzene rings is 1. The Morgan fingerprint density at radius 2 is 2.17 bits per heavy atom. The Kier molecular flexibility index (Phi) is 5.91. The molecule has 0 spiro atoms. The van der Waals surface area contributed by atoms with Crippen molar-refractivity contribution >= 4 is 11.9 Å². The summed E-state index contributed by atoms with van der Waals surface area (Å²) in [6.45, 7) is -2.32. The summed E-state index contributed by atoms with van der Waals surface area (Å²) in [6.07, 6.45) is -0.780. The summed E-state index contributed by atoms with van der Waals surface area (Å²) in [7, 11) is 1.28. The van der Waals surface area contributed by atoms with Crippen LogP contribution in [-0.2, 0) is 9.53 Å². The van der Waals surface area contributed by atoms with Gasteiger partial charge in [-0.15, -0.1) is 0 Å². The highest BCUT2D eigenvalue weighted by molar-refractivity contribution is 5.95. The zero-order valence-corrected chi connectivity index (χ0v) is 12.9. The van der Waals surface area contributed by atoms with E-state index in [1.165, 1.54) is 30.2 Å². The molecule has 1 aromatic rings. The SMILES string of the molecule is COc1cc(C(=O)N2CCOC(CC(=O)O)C2)ccc1OC(F)F. The van der Waals surface area contributed by atoms with Gasteiger partial charge in [0.1, 0.15) is 0 Å². The molecule has 0 radical (unpaired) electrons. The van der Waals surface area contributed by atoms with Crippen molar-refractivity contribution in [2.24, 2.45) is 0 Å². The maximum Gasteiger partial charge on any atom is 0.387 e. The molecule has 2 rings (SSSR count). The predicted octanol–water partition coefficient (Wildman–Crippen LogP) is 1.61. The molecule has 1 heterocycles. The monoisotopic (exact) mass is 345 g/mol. The van der Waals surface area contributed by atoms with Gasteiger partial charge in [-0.3, -0.25) is 9.59 Å². The topological polar surface area (TPSA) is 85.3 Å². The van der Waals surface area contributed by atoms with Crippen molar-refractivity contribution < 1.29 is 37.7 Å². The minimum atomic E-state index is -3.00. The van der Waals surface area contributed by atoms with Crippen molar-refractivity contribution in [2.45, 2.75) is 19.1 Å². The number of ether oxygens (including phenoxy) is 3. The van der Waals surface area contributed by atoms with Crippen LogP contribution in [0.2, 0.25) is 0 Å². The van der Waals surface area contributed by atoms with Gasteiger partial charge in [-0.25, -0.2) is 0 Å². The number of amides is 1. The van der Waals surface area contributed by atoms with Crippen LogP contribution in [0.3, 0.4) is 0 Å².